The standard InChI is InChI=1S/C17H20N2O3S2/c1-12(2)18-17(20)16-9-15(11-23-16)24(21,22)19-8-7-13-5-3-4-6-14(13)10-19/h3-6,9,11-12H,7-8,10H2,1-2H3,(H,18,20). The van der Waals surface area contributed by atoms with E-state index in [2.05, 4.69) is 5.32 Å². The molecule has 3 rings (SSSR count). The summed E-state index contributed by atoms with van der Waals surface area (Å²) in [5.74, 6) is -0.236. The smallest absolute Gasteiger partial charge is 0.261 e. The minimum Gasteiger partial charge on any atom is -0.349 e. The molecule has 1 aromatic carbocycles. The molecule has 128 valence electrons. The van der Waals surface area contributed by atoms with Crippen molar-refractivity contribution in [3.8, 4) is 0 Å². The minimum absolute atomic E-state index is 0.0123. The fourth-order valence-corrected chi connectivity index (χ4v) is 5.31. The van der Waals surface area contributed by atoms with Gasteiger partial charge in [-0.1, -0.05) is 24.3 Å². The predicted octanol–water partition coefficient (Wildman–Crippen LogP) is 2.63. The van der Waals surface area contributed by atoms with Gasteiger partial charge in [-0.25, -0.2) is 8.42 Å². The second-order valence-electron chi connectivity index (χ2n) is 6.13. The quantitative estimate of drug-likeness (QED) is 0.907. The summed E-state index contributed by atoms with van der Waals surface area (Å²) in [6.07, 6.45) is 0.709. The van der Waals surface area contributed by atoms with Crippen molar-refractivity contribution in [1.82, 2.24) is 9.62 Å². The van der Waals surface area contributed by atoms with Crippen LogP contribution in [0.1, 0.15) is 34.6 Å². The summed E-state index contributed by atoms with van der Waals surface area (Å²) in [7, 11) is -3.58. The number of fused-ring (bicyclic) bond motifs is 1. The number of rotatable bonds is 4. The van der Waals surface area contributed by atoms with E-state index in [9.17, 15) is 13.2 Å². The van der Waals surface area contributed by atoms with Crippen molar-refractivity contribution in [2.75, 3.05) is 6.54 Å². The van der Waals surface area contributed by atoms with Crippen molar-refractivity contribution in [3.63, 3.8) is 0 Å². The zero-order valence-corrected chi connectivity index (χ0v) is 15.3. The number of nitrogens with one attached hydrogen (secondary N) is 1. The van der Waals surface area contributed by atoms with Crippen molar-refractivity contribution in [1.29, 1.82) is 0 Å². The molecule has 1 aliphatic heterocycles. The summed E-state index contributed by atoms with van der Waals surface area (Å²) >= 11 is 1.16. The summed E-state index contributed by atoms with van der Waals surface area (Å²) in [6.45, 7) is 4.58. The molecule has 2 heterocycles. The molecule has 24 heavy (non-hydrogen) atoms. The van der Waals surface area contributed by atoms with Crippen LogP contribution in [0.15, 0.2) is 40.6 Å². The monoisotopic (exact) mass is 364 g/mol. The SMILES string of the molecule is CC(C)NC(=O)c1cc(S(=O)(=O)N2CCc3ccccc3C2)cs1. The highest BCUT2D eigenvalue weighted by Gasteiger charge is 2.29. The van der Waals surface area contributed by atoms with Crippen LogP contribution in [0.3, 0.4) is 0 Å². The molecule has 1 amide bonds. The van der Waals surface area contributed by atoms with E-state index in [1.165, 1.54) is 15.9 Å². The maximum atomic E-state index is 12.9. The van der Waals surface area contributed by atoms with Crippen LogP contribution in [0.2, 0.25) is 0 Å². The molecule has 1 N–H and O–H groups in total. The lowest BCUT2D eigenvalue weighted by molar-refractivity contribution is 0.0947. The van der Waals surface area contributed by atoms with Crippen LogP contribution in [-0.4, -0.2) is 31.2 Å². The number of sulfonamides is 1. The first-order valence-corrected chi connectivity index (χ1v) is 10.2. The van der Waals surface area contributed by atoms with Crippen LogP contribution >= 0.6 is 11.3 Å². The fourth-order valence-electron chi connectivity index (χ4n) is 2.73. The zero-order chi connectivity index (χ0) is 17.3. The van der Waals surface area contributed by atoms with E-state index in [4.69, 9.17) is 0 Å². The Morgan fingerprint density at radius 3 is 2.67 bits per heavy atom. The van der Waals surface area contributed by atoms with Crippen molar-refractivity contribution in [2.45, 2.75) is 37.8 Å². The second-order valence-corrected chi connectivity index (χ2v) is 8.98. The number of hydrogen-bond acceptors (Lipinski definition) is 4. The van der Waals surface area contributed by atoms with Gasteiger partial charge >= 0.3 is 0 Å². The Kier molecular flexibility index (Phi) is 4.76. The molecule has 1 aromatic heterocycles. The lowest BCUT2D eigenvalue weighted by Gasteiger charge is -2.27. The highest BCUT2D eigenvalue weighted by Crippen LogP contribution is 2.27. The van der Waals surface area contributed by atoms with Crippen molar-refractivity contribution < 1.29 is 13.2 Å². The minimum atomic E-state index is -3.58. The third-order valence-corrected chi connectivity index (χ3v) is 6.85. The first kappa shape index (κ1) is 17.1. The molecule has 0 atom stereocenters. The maximum Gasteiger partial charge on any atom is 0.261 e. The number of hydrogen-bond donors (Lipinski definition) is 1. The van der Waals surface area contributed by atoms with E-state index < -0.39 is 10.0 Å². The number of benzene rings is 1. The van der Waals surface area contributed by atoms with E-state index in [-0.39, 0.29) is 16.8 Å². The highest BCUT2D eigenvalue weighted by molar-refractivity contribution is 7.89. The summed E-state index contributed by atoms with van der Waals surface area (Å²) in [6, 6.07) is 9.39. The first-order valence-electron chi connectivity index (χ1n) is 7.84. The van der Waals surface area contributed by atoms with Gasteiger partial charge in [-0.3, -0.25) is 4.79 Å². The fraction of sp³-hybridized carbons (Fsp3) is 0.353. The van der Waals surface area contributed by atoms with Crippen LogP contribution in [-0.2, 0) is 23.0 Å². The molecule has 0 unspecified atom stereocenters. The zero-order valence-electron chi connectivity index (χ0n) is 13.7. The molecule has 1 aliphatic rings. The van der Waals surface area contributed by atoms with Gasteiger partial charge in [0.15, 0.2) is 0 Å². The normalized spacial score (nSPS) is 15.3. The molecule has 0 spiro atoms. The Hall–Kier alpha value is -1.70. The van der Waals surface area contributed by atoms with Crippen LogP contribution in [0.5, 0.6) is 0 Å². The third-order valence-electron chi connectivity index (χ3n) is 3.95. The Morgan fingerprint density at radius 2 is 1.96 bits per heavy atom. The van der Waals surface area contributed by atoms with Gasteiger partial charge in [0.1, 0.15) is 0 Å². The van der Waals surface area contributed by atoms with E-state index in [1.54, 1.807) is 5.38 Å². The van der Waals surface area contributed by atoms with E-state index in [0.29, 0.717) is 24.4 Å². The van der Waals surface area contributed by atoms with Crippen molar-refractivity contribution in [2.24, 2.45) is 0 Å². The van der Waals surface area contributed by atoms with Crippen LogP contribution < -0.4 is 5.32 Å². The summed E-state index contributed by atoms with van der Waals surface area (Å²) < 4.78 is 27.2. The molecule has 7 heteroatoms. The van der Waals surface area contributed by atoms with Crippen LogP contribution in [0, 0.1) is 0 Å². The Bertz CT molecular complexity index is 856. The molecule has 0 fully saturated rings. The van der Waals surface area contributed by atoms with Gasteiger partial charge in [-0.15, -0.1) is 11.3 Å². The van der Waals surface area contributed by atoms with E-state index >= 15 is 0 Å². The first-order chi connectivity index (χ1) is 11.4. The molecular weight excluding hydrogens is 344 g/mol. The molecule has 2 aromatic rings. The Labute approximate surface area is 146 Å². The van der Waals surface area contributed by atoms with Gasteiger partial charge in [-0.2, -0.15) is 4.31 Å². The summed E-state index contributed by atoms with van der Waals surface area (Å²) in [4.78, 5) is 12.6. The number of nitrogens with zero attached hydrogens (tertiary/aromatic N) is 1. The molecule has 0 saturated heterocycles. The molecule has 0 aliphatic carbocycles. The van der Waals surface area contributed by atoms with E-state index in [0.717, 1.165) is 16.9 Å². The topological polar surface area (TPSA) is 66.5 Å². The number of thiophene rings is 1. The lowest BCUT2D eigenvalue weighted by atomic mass is 10.0. The largest absolute Gasteiger partial charge is 0.349 e. The van der Waals surface area contributed by atoms with Gasteiger partial charge in [0.2, 0.25) is 10.0 Å². The third kappa shape index (κ3) is 3.38. The van der Waals surface area contributed by atoms with Crippen LogP contribution in [0.25, 0.3) is 0 Å². The van der Waals surface area contributed by atoms with E-state index in [1.807, 2.05) is 38.1 Å². The second kappa shape index (κ2) is 6.66. The molecule has 0 radical (unpaired) electrons. The molecule has 0 saturated carbocycles. The average Bonchev–Trinajstić information content (AvgIpc) is 3.04. The van der Waals surface area contributed by atoms with Gasteiger partial charge in [0, 0.05) is 24.5 Å². The van der Waals surface area contributed by atoms with Gasteiger partial charge < -0.3 is 5.32 Å². The van der Waals surface area contributed by atoms with Crippen molar-refractivity contribution in [3.05, 3.63) is 51.7 Å². The molecule has 5 nitrogen and oxygen atoms in total. The van der Waals surface area contributed by atoms with Gasteiger partial charge in [0.05, 0.1) is 9.77 Å². The maximum absolute atomic E-state index is 12.9. The number of carbonyl (C=O) groups excluding carboxylic acids is 1. The number of carbonyl (C=O) groups is 1. The predicted molar refractivity (Wildman–Crippen MR) is 94.7 cm³/mol. The average molecular weight is 364 g/mol. The lowest BCUT2D eigenvalue weighted by Crippen LogP contribution is -2.35. The summed E-state index contributed by atoms with van der Waals surface area (Å²) in [5, 5.41) is 4.33. The summed E-state index contributed by atoms with van der Waals surface area (Å²) in [5.41, 5.74) is 2.24. The molecule has 0 bridgehead atoms. The van der Waals surface area contributed by atoms with Crippen molar-refractivity contribution >= 4 is 27.3 Å². The Balaban J connectivity index is 1.82. The Morgan fingerprint density at radius 1 is 1.25 bits per heavy atom. The van der Waals surface area contributed by atoms with Gasteiger partial charge in [0.25, 0.3) is 5.91 Å². The van der Waals surface area contributed by atoms with Gasteiger partial charge in [-0.05, 0) is 37.5 Å². The highest BCUT2D eigenvalue weighted by atomic mass is 32.2. The number of amides is 1. The van der Waals surface area contributed by atoms with Crippen LogP contribution in [0.4, 0.5) is 0 Å². The molecular formula is C17H20N2O3S2.